The molecule has 0 aliphatic heterocycles. The highest BCUT2D eigenvalue weighted by Gasteiger charge is 2.24. The summed E-state index contributed by atoms with van der Waals surface area (Å²) in [5, 5.41) is 13.6. The van der Waals surface area contributed by atoms with Gasteiger partial charge in [-0.25, -0.2) is 4.79 Å². The van der Waals surface area contributed by atoms with Crippen LogP contribution in [0.15, 0.2) is 17.4 Å². The van der Waals surface area contributed by atoms with Crippen molar-refractivity contribution in [1.29, 1.82) is 0 Å². The van der Waals surface area contributed by atoms with Gasteiger partial charge in [-0.1, -0.05) is 0 Å². The zero-order valence-corrected chi connectivity index (χ0v) is 17.1. The molecule has 0 aliphatic carbocycles. The lowest BCUT2D eigenvalue weighted by atomic mass is 10.1. The van der Waals surface area contributed by atoms with Crippen LogP contribution in [0.2, 0.25) is 0 Å². The molecule has 8 heteroatoms. The molecule has 0 aromatic carbocycles. The molecule has 1 aromatic rings. The van der Waals surface area contributed by atoms with Crippen molar-refractivity contribution >= 4 is 12.1 Å². The number of hydrogen-bond donors (Lipinski definition) is 3. The van der Waals surface area contributed by atoms with E-state index < -0.39 is 17.2 Å². The molecular formula is C18H34N6O2. The quantitative estimate of drug-likeness (QED) is 0.390. The van der Waals surface area contributed by atoms with Crippen LogP contribution in [-0.4, -0.2) is 53.1 Å². The smallest absolute Gasteiger partial charge is 0.408 e. The third kappa shape index (κ3) is 9.29. The molecule has 0 radical (unpaired) electrons. The number of aliphatic imine (C=N–C) groups is 1. The summed E-state index contributed by atoms with van der Waals surface area (Å²) < 4.78 is 7.23. The average molecular weight is 367 g/mol. The van der Waals surface area contributed by atoms with Crippen LogP contribution in [0, 0.1) is 6.92 Å². The SMILES string of the molecule is CN=C(NCCCn1cc(C)cn1)NCC(C)(C)NC(=O)OC(C)(C)C. The van der Waals surface area contributed by atoms with Crippen LogP contribution in [0.25, 0.3) is 0 Å². The van der Waals surface area contributed by atoms with E-state index in [0.717, 1.165) is 25.1 Å². The number of carbonyl (C=O) groups is 1. The molecule has 0 bridgehead atoms. The van der Waals surface area contributed by atoms with E-state index in [2.05, 4.69) is 26.0 Å². The first-order valence-corrected chi connectivity index (χ1v) is 8.95. The fourth-order valence-corrected chi connectivity index (χ4v) is 2.19. The van der Waals surface area contributed by atoms with Gasteiger partial charge in [0, 0.05) is 32.9 Å². The number of rotatable bonds is 7. The first-order chi connectivity index (χ1) is 12.0. The maximum atomic E-state index is 11.9. The Bertz CT molecular complexity index is 601. The highest BCUT2D eigenvalue weighted by atomic mass is 16.6. The molecule has 8 nitrogen and oxygen atoms in total. The highest BCUT2D eigenvalue weighted by molar-refractivity contribution is 5.79. The van der Waals surface area contributed by atoms with Gasteiger partial charge in [-0.15, -0.1) is 0 Å². The molecule has 26 heavy (non-hydrogen) atoms. The van der Waals surface area contributed by atoms with E-state index in [1.54, 1.807) is 7.05 Å². The Morgan fingerprint density at radius 3 is 2.50 bits per heavy atom. The van der Waals surface area contributed by atoms with Crippen molar-refractivity contribution in [1.82, 2.24) is 25.7 Å². The fourth-order valence-electron chi connectivity index (χ4n) is 2.19. The van der Waals surface area contributed by atoms with E-state index in [4.69, 9.17) is 4.74 Å². The Labute approximate surface area is 156 Å². The lowest BCUT2D eigenvalue weighted by Gasteiger charge is -2.29. The summed E-state index contributed by atoms with van der Waals surface area (Å²) in [4.78, 5) is 16.1. The molecule has 0 saturated carbocycles. The van der Waals surface area contributed by atoms with Crippen LogP contribution in [-0.2, 0) is 11.3 Å². The molecule has 1 heterocycles. The van der Waals surface area contributed by atoms with Crippen molar-refractivity contribution < 1.29 is 9.53 Å². The van der Waals surface area contributed by atoms with E-state index >= 15 is 0 Å². The van der Waals surface area contributed by atoms with E-state index in [0.29, 0.717) is 12.5 Å². The van der Waals surface area contributed by atoms with E-state index in [-0.39, 0.29) is 0 Å². The van der Waals surface area contributed by atoms with Crippen molar-refractivity contribution in [2.24, 2.45) is 4.99 Å². The Hall–Kier alpha value is -2.25. The standard InChI is InChI=1S/C18H34N6O2/c1-14-11-22-24(12-14)10-8-9-20-15(19-7)21-13-18(5,6)23-16(25)26-17(2,3)4/h11-12H,8-10,13H2,1-7H3,(H,23,25)(H2,19,20,21). The van der Waals surface area contributed by atoms with Gasteiger partial charge in [0.05, 0.1) is 11.7 Å². The van der Waals surface area contributed by atoms with E-state index in [9.17, 15) is 4.79 Å². The number of nitrogens with zero attached hydrogens (tertiary/aromatic N) is 3. The van der Waals surface area contributed by atoms with Gasteiger partial charge in [-0.05, 0) is 53.5 Å². The van der Waals surface area contributed by atoms with Crippen molar-refractivity contribution in [3.8, 4) is 0 Å². The van der Waals surface area contributed by atoms with Crippen LogP contribution in [0.5, 0.6) is 0 Å². The number of ether oxygens (including phenoxy) is 1. The van der Waals surface area contributed by atoms with Crippen LogP contribution >= 0.6 is 0 Å². The fraction of sp³-hybridized carbons (Fsp3) is 0.722. The molecule has 0 saturated heterocycles. The summed E-state index contributed by atoms with van der Waals surface area (Å²) in [5.41, 5.74) is 0.167. The Morgan fingerprint density at radius 2 is 1.96 bits per heavy atom. The van der Waals surface area contributed by atoms with E-state index in [1.807, 2.05) is 58.6 Å². The molecule has 0 fully saturated rings. The summed E-state index contributed by atoms with van der Waals surface area (Å²) in [6.07, 6.45) is 4.38. The van der Waals surface area contributed by atoms with Gasteiger partial charge in [-0.2, -0.15) is 5.10 Å². The second kappa shape index (κ2) is 9.45. The molecule has 1 rings (SSSR count). The summed E-state index contributed by atoms with van der Waals surface area (Å²) in [6, 6.07) is 0. The maximum Gasteiger partial charge on any atom is 0.408 e. The number of guanidine groups is 1. The van der Waals surface area contributed by atoms with Crippen molar-refractivity contribution in [2.75, 3.05) is 20.1 Å². The predicted molar refractivity (Wildman–Crippen MR) is 104 cm³/mol. The lowest BCUT2D eigenvalue weighted by Crippen LogP contribution is -2.54. The number of aromatic nitrogens is 2. The summed E-state index contributed by atoms with van der Waals surface area (Å²) in [7, 11) is 1.72. The molecule has 1 aromatic heterocycles. The number of aryl methyl sites for hydroxylation is 2. The highest BCUT2D eigenvalue weighted by Crippen LogP contribution is 2.09. The third-order valence-electron chi connectivity index (χ3n) is 3.38. The van der Waals surface area contributed by atoms with Crippen LogP contribution < -0.4 is 16.0 Å². The first-order valence-electron chi connectivity index (χ1n) is 8.95. The van der Waals surface area contributed by atoms with Gasteiger partial charge in [0.1, 0.15) is 5.60 Å². The first kappa shape index (κ1) is 21.8. The molecule has 3 N–H and O–H groups in total. The Morgan fingerprint density at radius 1 is 1.27 bits per heavy atom. The molecule has 0 unspecified atom stereocenters. The monoisotopic (exact) mass is 366 g/mol. The van der Waals surface area contributed by atoms with Gasteiger partial charge in [0.2, 0.25) is 0 Å². The molecule has 148 valence electrons. The molecule has 0 spiro atoms. The van der Waals surface area contributed by atoms with Crippen LogP contribution in [0.3, 0.4) is 0 Å². The second-order valence-corrected chi connectivity index (χ2v) is 8.00. The lowest BCUT2D eigenvalue weighted by molar-refractivity contribution is 0.0474. The summed E-state index contributed by atoms with van der Waals surface area (Å²) >= 11 is 0. The summed E-state index contributed by atoms with van der Waals surface area (Å²) in [6.45, 7) is 13.6. The number of hydrogen-bond acceptors (Lipinski definition) is 4. The maximum absolute atomic E-state index is 11.9. The van der Waals surface area contributed by atoms with Crippen molar-refractivity contribution in [2.45, 2.75) is 65.6 Å². The zero-order chi connectivity index (χ0) is 19.8. The Balaban J connectivity index is 2.32. The van der Waals surface area contributed by atoms with Gasteiger partial charge < -0.3 is 20.7 Å². The largest absolute Gasteiger partial charge is 0.444 e. The van der Waals surface area contributed by atoms with Crippen molar-refractivity contribution in [3.05, 3.63) is 18.0 Å². The number of alkyl carbamates (subject to hydrolysis) is 1. The molecule has 1 amide bonds. The van der Waals surface area contributed by atoms with Gasteiger partial charge >= 0.3 is 6.09 Å². The summed E-state index contributed by atoms with van der Waals surface area (Å²) in [5.74, 6) is 0.695. The minimum absolute atomic E-state index is 0.429. The molecular weight excluding hydrogens is 332 g/mol. The number of carbonyl (C=O) groups excluding carboxylic acids is 1. The van der Waals surface area contributed by atoms with Crippen LogP contribution in [0.1, 0.15) is 46.6 Å². The normalized spacial score (nSPS) is 12.7. The minimum Gasteiger partial charge on any atom is -0.444 e. The number of amides is 1. The predicted octanol–water partition coefficient (Wildman–Crippen LogP) is 2.05. The third-order valence-corrected chi connectivity index (χ3v) is 3.38. The average Bonchev–Trinajstić information content (AvgIpc) is 2.89. The Kier molecular flexibility index (Phi) is 7.92. The van der Waals surface area contributed by atoms with Crippen molar-refractivity contribution in [3.63, 3.8) is 0 Å². The minimum atomic E-state index is -0.516. The topological polar surface area (TPSA) is 92.6 Å². The number of nitrogens with one attached hydrogen (secondary N) is 3. The van der Waals surface area contributed by atoms with E-state index in [1.165, 1.54) is 0 Å². The zero-order valence-electron chi connectivity index (χ0n) is 17.1. The van der Waals surface area contributed by atoms with Crippen LogP contribution in [0.4, 0.5) is 4.79 Å². The van der Waals surface area contributed by atoms with Gasteiger partial charge in [0.15, 0.2) is 5.96 Å². The van der Waals surface area contributed by atoms with Gasteiger partial charge in [-0.3, -0.25) is 9.67 Å². The second-order valence-electron chi connectivity index (χ2n) is 8.00. The van der Waals surface area contributed by atoms with Gasteiger partial charge in [0.25, 0.3) is 0 Å². The molecule has 0 atom stereocenters. The molecule has 0 aliphatic rings.